The van der Waals surface area contributed by atoms with E-state index in [1.54, 1.807) is 12.2 Å². The molecule has 2 unspecified atom stereocenters. The van der Waals surface area contributed by atoms with E-state index in [4.69, 9.17) is 5.41 Å². The zero-order valence-electron chi connectivity index (χ0n) is 16.4. The summed E-state index contributed by atoms with van der Waals surface area (Å²) in [5.74, 6) is 0. The van der Waals surface area contributed by atoms with Crippen molar-refractivity contribution in [1.82, 2.24) is 14.5 Å². The Balaban J connectivity index is 1.75. The van der Waals surface area contributed by atoms with Gasteiger partial charge in [0.2, 0.25) is 5.62 Å². The van der Waals surface area contributed by atoms with Crippen molar-refractivity contribution in [2.45, 2.75) is 32.2 Å². The first-order valence-electron chi connectivity index (χ1n) is 9.79. The normalized spacial score (nSPS) is 17.2. The Morgan fingerprint density at radius 2 is 1.83 bits per heavy atom. The number of imidazole rings is 1. The van der Waals surface area contributed by atoms with Crippen LogP contribution in [0, 0.1) is 12.3 Å². The fourth-order valence-electron chi connectivity index (χ4n) is 3.84. The van der Waals surface area contributed by atoms with E-state index in [1.807, 2.05) is 39.5 Å². The molecule has 29 heavy (non-hydrogen) atoms. The highest BCUT2D eigenvalue weighted by molar-refractivity contribution is 5.76. The number of hydrogen-bond acceptors (Lipinski definition) is 4. The number of aryl methyl sites for hydroxylation is 1. The van der Waals surface area contributed by atoms with Crippen LogP contribution in [0.1, 0.15) is 23.6 Å². The average Bonchev–Trinajstić information content (AvgIpc) is 3.00. The van der Waals surface area contributed by atoms with E-state index in [2.05, 4.69) is 36.5 Å². The zero-order valence-corrected chi connectivity index (χ0v) is 16.4. The number of aliphatic hydroxyl groups is 2. The van der Waals surface area contributed by atoms with Crippen molar-refractivity contribution < 1.29 is 10.2 Å². The number of nitrogens with zero attached hydrogens (tertiary/aromatic N) is 2. The van der Waals surface area contributed by atoms with Crippen LogP contribution in [0.15, 0.2) is 72.5 Å². The molecule has 150 valence electrons. The molecule has 6 heteroatoms. The molecule has 1 aromatic heterocycles. The van der Waals surface area contributed by atoms with E-state index < -0.39 is 6.23 Å². The molecule has 0 spiro atoms. The molecule has 2 aromatic carbocycles. The minimum absolute atomic E-state index is 0.103. The Hall–Kier alpha value is -3.09. The van der Waals surface area contributed by atoms with Gasteiger partial charge in [0, 0.05) is 12.1 Å². The number of aliphatic hydroxyl groups excluding tert-OH is 2. The van der Waals surface area contributed by atoms with Crippen molar-refractivity contribution in [2.24, 2.45) is 0 Å². The third-order valence-electron chi connectivity index (χ3n) is 5.33. The van der Waals surface area contributed by atoms with Gasteiger partial charge in [0.25, 0.3) is 0 Å². The number of fused-ring (bicyclic) bond motifs is 1. The molecule has 0 saturated carbocycles. The van der Waals surface area contributed by atoms with Gasteiger partial charge in [-0.1, -0.05) is 48.0 Å². The molecule has 1 aliphatic heterocycles. The summed E-state index contributed by atoms with van der Waals surface area (Å²) in [4.78, 5) is 0. The van der Waals surface area contributed by atoms with Gasteiger partial charge in [0.15, 0.2) is 0 Å². The highest BCUT2D eigenvalue weighted by atomic mass is 16.3. The van der Waals surface area contributed by atoms with E-state index in [-0.39, 0.29) is 12.6 Å². The van der Waals surface area contributed by atoms with Gasteiger partial charge in [-0.2, -0.15) is 0 Å². The predicted octanol–water partition coefficient (Wildman–Crippen LogP) is 2.56. The van der Waals surface area contributed by atoms with Gasteiger partial charge >= 0.3 is 0 Å². The van der Waals surface area contributed by atoms with Crippen LogP contribution >= 0.6 is 0 Å². The van der Waals surface area contributed by atoms with Crippen molar-refractivity contribution in [2.75, 3.05) is 6.61 Å². The zero-order chi connectivity index (χ0) is 20.4. The first kappa shape index (κ1) is 19.2. The highest BCUT2D eigenvalue weighted by Gasteiger charge is 2.20. The Morgan fingerprint density at radius 1 is 1.10 bits per heavy atom. The van der Waals surface area contributed by atoms with Gasteiger partial charge in [-0.3, -0.25) is 5.41 Å². The standard InChI is InChI=1S/C23H26N4O2/c1-16-9-11-17(12-10-16)14-26-20-6-2-3-7-21(20)27(23(26)24)19(15-28)13-18-5-4-8-22(29)25-18/h2-12,19,22,24-25,28-29H,13-15H2,1H3. The van der Waals surface area contributed by atoms with E-state index in [0.717, 1.165) is 22.3 Å². The maximum atomic E-state index is 10.1. The number of aromatic nitrogens is 2. The lowest BCUT2D eigenvalue weighted by atomic mass is 10.1. The lowest BCUT2D eigenvalue weighted by Crippen LogP contribution is -2.33. The average molecular weight is 390 g/mol. The lowest BCUT2D eigenvalue weighted by Gasteiger charge is -2.23. The quantitative estimate of drug-likeness (QED) is 0.522. The van der Waals surface area contributed by atoms with Crippen molar-refractivity contribution in [1.29, 1.82) is 5.41 Å². The number of rotatable bonds is 6. The highest BCUT2D eigenvalue weighted by Crippen LogP contribution is 2.23. The summed E-state index contributed by atoms with van der Waals surface area (Å²) in [5, 5.41) is 31.8. The first-order valence-corrected chi connectivity index (χ1v) is 9.79. The molecule has 0 bridgehead atoms. The van der Waals surface area contributed by atoms with Crippen LogP contribution in [0.5, 0.6) is 0 Å². The van der Waals surface area contributed by atoms with Crippen molar-refractivity contribution in [3.8, 4) is 0 Å². The summed E-state index contributed by atoms with van der Waals surface area (Å²) >= 11 is 0. The minimum atomic E-state index is -0.724. The van der Waals surface area contributed by atoms with Crippen molar-refractivity contribution >= 4 is 11.0 Å². The number of benzene rings is 2. The number of hydrogen-bond donors (Lipinski definition) is 4. The molecule has 1 aliphatic rings. The largest absolute Gasteiger partial charge is 0.394 e. The summed E-state index contributed by atoms with van der Waals surface area (Å²) in [6, 6.07) is 15.9. The van der Waals surface area contributed by atoms with Crippen LogP contribution in [0.4, 0.5) is 0 Å². The van der Waals surface area contributed by atoms with Gasteiger partial charge in [-0.15, -0.1) is 0 Å². The summed E-state index contributed by atoms with van der Waals surface area (Å²) in [6.07, 6.45) is 5.13. The van der Waals surface area contributed by atoms with E-state index >= 15 is 0 Å². The molecule has 0 aliphatic carbocycles. The molecule has 0 radical (unpaired) electrons. The summed E-state index contributed by atoms with van der Waals surface area (Å²) in [7, 11) is 0. The van der Waals surface area contributed by atoms with Crippen LogP contribution in [0.2, 0.25) is 0 Å². The molecule has 3 aromatic rings. The summed E-state index contributed by atoms with van der Waals surface area (Å²) in [6.45, 7) is 2.55. The minimum Gasteiger partial charge on any atom is -0.394 e. The first-order chi connectivity index (χ1) is 14.1. The third kappa shape index (κ3) is 3.90. The maximum Gasteiger partial charge on any atom is 0.203 e. The molecule has 2 heterocycles. The Labute approximate surface area is 169 Å². The number of allylic oxidation sites excluding steroid dienone is 3. The summed E-state index contributed by atoms with van der Waals surface area (Å²) < 4.78 is 3.86. The molecule has 0 amide bonds. The number of dihydropyridines is 1. The number of para-hydroxylation sites is 2. The van der Waals surface area contributed by atoms with E-state index in [1.165, 1.54) is 5.56 Å². The molecule has 6 nitrogen and oxygen atoms in total. The van der Waals surface area contributed by atoms with Crippen LogP contribution in [-0.4, -0.2) is 32.2 Å². The second kappa shape index (κ2) is 8.11. The van der Waals surface area contributed by atoms with E-state index in [9.17, 15) is 10.2 Å². The van der Waals surface area contributed by atoms with Gasteiger partial charge in [-0.25, -0.2) is 0 Å². The van der Waals surface area contributed by atoms with Gasteiger partial charge < -0.3 is 24.7 Å². The Bertz CT molecular complexity index is 1120. The van der Waals surface area contributed by atoms with Gasteiger partial charge in [-0.05, 0) is 36.8 Å². The molecule has 4 rings (SSSR count). The smallest absolute Gasteiger partial charge is 0.203 e. The van der Waals surface area contributed by atoms with E-state index in [0.29, 0.717) is 18.6 Å². The van der Waals surface area contributed by atoms with Crippen molar-refractivity contribution in [3.05, 3.63) is 89.2 Å². The van der Waals surface area contributed by atoms with Crippen LogP contribution in [0.3, 0.4) is 0 Å². The molecule has 0 fully saturated rings. The Kier molecular flexibility index (Phi) is 5.38. The molecular weight excluding hydrogens is 364 g/mol. The second-order valence-corrected chi connectivity index (χ2v) is 7.46. The van der Waals surface area contributed by atoms with Crippen LogP contribution in [-0.2, 0) is 6.54 Å². The van der Waals surface area contributed by atoms with Crippen LogP contribution < -0.4 is 10.9 Å². The molecule has 0 saturated heterocycles. The monoisotopic (exact) mass is 390 g/mol. The number of nitrogens with one attached hydrogen (secondary N) is 2. The fourth-order valence-corrected chi connectivity index (χ4v) is 3.84. The third-order valence-corrected chi connectivity index (χ3v) is 5.33. The van der Waals surface area contributed by atoms with Crippen LogP contribution in [0.25, 0.3) is 11.0 Å². The second-order valence-electron chi connectivity index (χ2n) is 7.46. The topological polar surface area (TPSA) is 86.2 Å². The van der Waals surface area contributed by atoms with Gasteiger partial charge in [0.1, 0.15) is 6.23 Å². The maximum absolute atomic E-state index is 10.1. The predicted molar refractivity (Wildman–Crippen MR) is 113 cm³/mol. The molecular formula is C23H26N4O2. The lowest BCUT2D eigenvalue weighted by molar-refractivity contribution is 0.185. The summed E-state index contributed by atoms with van der Waals surface area (Å²) in [5.41, 5.74) is 5.39. The Morgan fingerprint density at radius 3 is 2.52 bits per heavy atom. The van der Waals surface area contributed by atoms with Gasteiger partial charge in [0.05, 0.1) is 30.2 Å². The van der Waals surface area contributed by atoms with Crippen molar-refractivity contribution in [3.63, 3.8) is 0 Å². The fraction of sp³-hybridized carbons (Fsp3) is 0.261. The molecule has 2 atom stereocenters. The molecule has 4 N–H and O–H groups in total. The SMILES string of the molecule is Cc1ccc(Cn2c(=N)n(C(CO)CC3=CC=CC(O)N3)c3ccccc32)cc1.